The van der Waals surface area contributed by atoms with Crippen LogP contribution in [0.2, 0.25) is 0 Å². The van der Waals surface area contributed by atoms with Gasteiger partial charge in [0.05, 0.1) is 31.0 Å². The Hall–Kier alpha value is -2.17. The molecule has 0 aliphatic rings. The number of hydrogen-bond donors (Lipinski definition) is 0. The molecule has 5 nitrogen and oxygen atoms in total. The third kappa shape index (κ3) is 2.50. The van der Waals surface area contributed by atoms with Crippen molar-refractivity contribution in [1.82, 2.24) is 14.8 Å². The van der Waals surface area contributed by atoms with E-state index in [-0.39, 0.29) is 12.2 Å². The molecule has 0 saturated carbocycles. The lowest BCUT2D eigenvalue weighted by Gasteiger charge is -2.05. The normalized spacial score (nSPS) is 10.2. The number of pyridine rings is 1. The first-order valence-electron chi connectivity index (χ1n) is 5.20. The topological polar surface area (TPSA) is 57.0 Å². The van der Waals surface area contributed by atoms with E-state index in [1.807, 2.05) is 19.3 Å². The van der Waals surface area contributed by atoms with Crippen molar-refractivity contribution in [3.05, 3.63) is 42.0 Å². The summed E-state index contributed by atoms with van der Waals surface area (Å²) in [6, 6.07) is 3.48. The average Bonchev–Trinajstić information content (AvgIpc) is 2.74. The summed E-state index contributed by atoms with van der Waals surface area (Å²) in [4.78, 5) is 16.0. The van der Waals surface area contributed by atoms with E-state index in [0.29, 0.717) is 11.3 Å². The largest absolute Gasteiger partial charge is 0.494 e. The Labute approximate surface area is 99.1 Å². The Bertz CT molecular complexity index is 534. The summed E-state index contributed by atoms with van der Waals surface area (Å²) in [6.07, 6.45) is 5.19. The molecule has 0 saturated heterocycles. The highest BCUT2D eigenvalue weighted by Gasteiger charge is 2.13. The first kappa shape index (κ1) is 11.3. The molecular formula is C12H13N3O2. The molecular weight excluding hydrogens is 218 g/mol. The number of aromatic nitrogens is 3. The van der Waals surface area contributed by atoms with Crippen molar-refractivity contribution in [3.63, 3.8) is 0 Å². The van der Waals surface area contributed by atoms with Gasteiger partial charge in [0.1, 0.15) is 5.75 Å². The minimum absolute atomic E-state index is 0.0250. The summed E-state index contributed by atoms with van der Waals surface area (Å²) in [5.41, 5.74) is 1.28. The maximum atomic E-state index is 12.0. The highest BCUT2D eigenvalue weighted by molar-refractivity contribution is 5.99. The Kier molecular flexibility index (Phi) is 3.18. The average molecular weight is 231 g/mol. The zero-order valence-electron chi connectivity index (χ0n) is 9.75. The van der Waals surface area contributed by atoms with Crippen LogP contribution in [-0.2, 0) is 13.5 Å². The van der Waals surface area contributed by atoms with Crippen molar-refractivity contribution in [3.8, 4) is 5.75 Å². The summed E-state index contributed by atoms with van der Waals surface area (Å²) >= 11 is 0. The van der Waals surface area contributed by atoms with Crippen LogP contribution in [0.25, 0.3) is 0 Å². The second-order valence-electron chi connectivity index (χ2n) is 3.66. The molecule has 0 bridgehead atoms. The van der Waals surface area contributed by atoms with Crippen LogP contribution in [0.3, 0.4) is 0 Å². The van der Waals surface area contributed by atoms with Crippen molar-refractivity contribution in [2.45, 2.75) is 6.42 Å². The van der Waals surface area contributed by atoms with Crippen molar-refractivity contribution in [1.29, 1.82) is 0 Å². The number of rotatable bonds is 4. The molecule has 0 unspecified atom stereocenters. The van der Waals surface area contributed by atoms with Crippen molar-refractivity contribution < 1.29 is 9.53 Å². The molecule has 5 heteroatoms. The summed E-state index contributed by atoms with van der Waals surface area (Å²) in [5, 5.41) is 4.17. The summed E-state index contributed by atoms with van der Waals surface area (Å²) in [6.45, 7) is 0. The second kappa shape index (κ2) is 4.78. The van der Waals surface area contributed by atoms with Crippen molar-refractivity contribution >= 4 is 5.78 Å². The SMILES string of the molecule is COc1cnccc1C(=O)Cc1ccn(C)n1. The highest BCUT2D eigenvalue weighted by Crippen LogP contribution is 2.17. The number of aryl methyl sites for hydroxylation is 1. The Balaban J connectivity index is 2.20. The van der Waals surface area contributed by atoms with Gasteiger partial charge < -0.3 is 4.74 Å². The molecule has 0 aromatic carbocycles. The fraction of sp³-hybridized carbons (Fsp3) is 0.250. The molecule has 2 rings (SSSR count). The third-order valence-corrected chi connectivity index (χ3v) is 2.42. The maximum Gasteiger partial charge on any atom is 0.172 e. The van der Waals surface area contributed by atoms with E-state index in [1.165, 1.54) is 13.3 Å². The predicted molar refractivity (Wildman–Crippen MR) is 62.0 cm³/mol. The van der Waals surface area contributed by atoms with Gasteiger partial charge in [-0.05, 0) is 12.1 Å². The van der Waals surface area contributed by atoms with E-state index >= 15 is 0 Å². The van der Waals surface area contributed by atoms with Gasteiger partial charge in [0, 0.05) is 19.4 Å². The Morgan fingerprint density at radius 1 is 1.47 bits per heavy atom. The quantitative estimate of drug-likeness (QED) is 0.743. The van der Waals surface area contributed by atoms with E-state index in [4.69, 9.17) is 4.74 Å². The molecule has 2 aromatic rings. The van der Waals surface area contributed by atoms with Crippen LogP contribution in [0.1, 0.15) is 16.1 Å². The van der Waals surface area contributed by atoms with Crippen LogP contribution in [0.5, 0.6) is 5.75 Å². The molecule has 0 spiro atoms. The summed E-state index contributed by atoms with van der Waals surface area (Å²) in [7, 11) is 3.34. The molecule has 0 fully saturated rings. The van der Waals surface area contributed by atoms with E-state index in [1.54, 1.807) is 16.9 Å². The molecule has 0 aliphatic heterocycles. The zero-order valence-corrected chi connectivity index (χ0v) is 9.75. The minimum Gasteiger partial charge on any atom is -0.494 e. The number of methoxy groups -OCH3 is 1. The first-order chi connectivity index (χ1) is 8.20. The molecule has 0 N–H and O–H groups in total. The van der Waals surface area contributed by atoms with Gasteiger partial charge in [-0.3, -0.25) is 14.5 Å². The summed E-state index contributed by atoms with van der Waals surface area (Å²) in [5.74, 6) is 0.469. The number of ketones is 1. The number of nitrogens with zero attached hydrogens (tertiary/aromatic N) is 3. The molecule has 17 heavy (non-hydrogen) atoms. The van der Waals surface area contributed by atoms with Crippen molar-refractivity contribution in [2.75, 3.05) is 7.11 Å². The molecule has 2 aromatic heterocycles. The molecule has 0 radical (unpaired) electrons. The van der Waals surface area contributed by atoms with Crippen molar-refractivity contribution in [2.24, 2.45) is 7.05 Å². The molecule has 0 aliphatic carbocycles. The van der Waals surface area contributed by atoms with Gasteiger partial charge in [0.2, 0.25) is 0 Å². The predicted octanol–water partition coefficient (Wildman–Crippen LogP) is 1.25. The van der Waals surface area contributed by atoms with Crippen LogP contribution in [0, 0.1) is 0 Å². The number of carbonyl (C=O) groups excluding carboxylic acids is 1. The van der Waals surface area contributed by atoms with Crippen LogP contribution in [-0.4, -0.2) is 27.7 Å². The number of Topliss-reactive ketones (excluding diaryl/α,β-unsaturated/α-hetero) is 1. The standard InChI is InChI=1S/C12H13N3O2/c1-15-6-4-9(14-15)7-11(16)10-3-5-13-8-12(10)17-2/h3-6,8H,7H2,1-2H3. The first-order valence-corrected chi connectivity index (χ1v) is 5.20. The fourth-order valence-electron chi connectivity index (χ4n) is 1.59. The monoisotopic (exact) mass is 231 g/mol. The van der Waals surface area contributed by atoms with Crippen LogP contribution in [0.15, 0.2) is 30.7 Å². The second-order valence-corrected chi connectivity index (χ2v) is 3.66. The maximum absolute atomic E-state index is 12.0. The van der Waals surface area contributed by atoms with Gasteiger partial charge in [-0.15, -0.1) is 0 Å². The molecule has 2 heterocycles. The lowest BCUT2D eigenvalue weighted by molar-refractivity contribution is 0.0988. The van der Waals surface area contributed by atoms with Gasteiger partial charge in [0.15, 0.2) is 5.78 Å². The molecule has 88 valence electrons. The zero-order chi connectivity index (χ0) is 12.3. The Morgan fingerprint density at radius 2 is 2.29 bits per heavy atom. The lowest BCUT2D eigenvalue weighted by atomic mass is 10.1. The van der Waals surface area contributed by atoms with Gasteiger partial charge in [0.25, 0.3) is 0 Å². The third-order valence-electron chi connectivity index (χ3n) is 2.42. The van der Waals surface area contributed by atoms with Crippen LogP contribution < -0.4 is 4.74 Å². The minimum atomic E-state index is -0.0250. The van der Waals surface area contributed by atoms with Crippen LogP contribution >= 0.6 is 0 Å². The molecule has 0 amide bonds. The number of hydrogen-bond acceptors (Lipinski definition) is 4. The molecule has 0 atom stereocenters. The lowest BCUT2D eigenvalue weighted by Crippen LogP contribution is -2.07. The van der Waals surface area contributed by atoms with E-state index < -0.39 is 0 Å². The van der Waals surface area contributed by atoms with Gasteiger partial charge in [-0.25, -0.2) is 0 Å². The summed E-state index contributed by atoms with van der Waals surface area (Å²) < 4.78 is 6.77. The van der Waals surface area contributed by atoms with Gasteiger partial charge >= 0.3 is 0 Å². The number of carbonyl (C=O) groups is 1. The van der Waals surface area contributed by atoms with E-state index in [9.17, 15) is 4.79 Å². The van der Waals surface area contributed by atoms with Gasteiger partial charge in [-0.2, -0.15) is 5.10 Å². The fourth-order valence-corrected chi connectivity index (χ4v) is 1.59. The highest BCUT2D eigenvalue weighted by atomic mass is 16.5. The van der Waals surface area contributed by atoms with E-state index in [2.05, 4.69) is 10.1 Å². The van der Waals surface area contributed by atoms with Crippen LogP contribution in [0.4, 0.5) is 0 Å². The van der Waals surface area contributed by atoms with E-state index in [0.717, 1.165) is 5.69 Å². The number of ether oxygens (including phenoxy) is 1. The van der Waals surface area contributed by atoms with Gasteiger partial charge in [-0.1, -0.05) is 0 Å². The smallest absolute Gasteiger partial charge is 0.172 e. The Morgan fingerprint density at radius 3 is 2.94 bits per heavy atom.